The number of halogens is 5. The maximum atomic E-state index is 13.5. The number of aromatic nitrogens is 1. The zero-order chi connectivity index (χ0) is 15.9. The fraction of sp³-hybridized carbons (Fsp3) is 0. The van der Waals surface area contributed by atoms with Crippen LogP contribution in [0.3, 0.4) is 0 Å². The summed E-state index contributed by atoms with van der Waals surface area (Å²) in [7, 11) is 0. The Morgan fingerprint density at radius 3 is 1.90 bits per heavy atom. The maximum absolute atomic E-state index is 13.5. The van der Waals surface area contributed by atoms with E-state index in [1.54, 1.807) is 4.98 Å². The van der Waals surface area contributed by atoms with E-state index < -0.39 is 56.4 Å². The van der Waals surface area contributed by atoms with Crippen LogP contribution < -0.4 is 5.56 Å². The molecule has 0 aliphatic rings. The quantitative estimate of drug-likeness (QED) is 0.305. The molecule has 0 amide bonds. The molecule has 1 N–H and O–H groups in total. The van der Waals surface area contributed by atoms with Crippen molar-refractivity contribution in [2.24, 2.45) is 0 Å². The number of benzene rings is 1. The van der Waals surface area contributed by atoms with Gasteiger partial charge in [-0.25, -0.2) is 22.0 Å². The number of nitrogens with one attached hydrogen (secondary N) is 1. The molecule has 1 heterocycles. The predicted octanol–water partition coefficient (Wildman–Crippen LogP) is 2.65. The normalized spacial score (nSPS) is 10.7. The van der Waals surface area contributed by atoms with Crippen molar-refractivity contribution < 1.29 is 26.9 Å². The van der Waals surface area contributed by atoms with Crippen LogP contribution in [0.25, 0.3) is 11.1 Å². The molecule has 0 saturated heterocycles. The van der Waals surface area contributed by atoms with Crippen molar-refractivity contribution in [3.8, 4) is 11.1 Å². The number of hydrogen-bond donors (Lipinski definition) is 1. The van der Waals surface area contributed by atoms with Gasteiger partial charge in [0.15, 0.2) is 23.3 Å². The number of nitro groups is 1. The molecule has 1 aromatic carbocycles. The van der Waals surface area contributed by atoms with Crippen molar-refractivity contribution in [2.75, 3.05) is 0 Å². The Morgan fingerprint density at radius 1 is 0.952 bits per heavy atom. The molecule has 5 nitrogen and oxygen atoms in total. The number of H-pyrrole nitrogens is 1. The molecule has 0 unspecified atom stereocenters. The topological polar surface area (TPSA) is 76.0 Å². The summed E-state index contributed by atoms with van der Waals surface area (Å²) in [6.07, 6.45) is 0.605. The second kappa shape index (κ2) is 4.96. The SMILES string of the molecule is O=c1[nH]cc(-c2c(F)c(F)c(F)c(F)c2F)cc1[N+](=O)[O-]. The van der Waals surface area contributed by atoms with E-state index in [4.69, 9.17) is 0 Å². The van der Waals surface area contributed by atoms with E-state index in [-0.39, 0.29) is 0 Å². The van der Waals surface area contributed by atoms with Crippen LogP contribution in [0, 0.1) is 39.2 Å². The van der Waals surface area contributed by atoms with E-state index in [0.717, 1.165) is 0 Å². The number of nitrogens with zero attached hydrogens (tertiary/aromatic N) is 1. The average molecular weight is 306 g/mol. The van der Waals surface area contributed by atoms with Gasteiger partial charge in [-0.05, 0) is 0 Å². The summed E-state index contributed by atoms with van der Waals surface area (Å²) in [5, 5.41) is 10.6. The van der Waals surface area contributed by atoms with E-state index in [1.807, 2.05) is 0 Å². The van der Waals surface area contributed by atoms with Crippen molar-refractivity contribution in [3.05, 3.63) is 61.8 Å². The van der Waals surface area contributed by atoms with Gasteiger partial charge in [0, 0.05) is 17.8 Å². The van der Waals surface area contributed by atoms with Crippen molar-refractivity contribution in [3.63, 3.8) is 0 Å². The molecule has 2 rings (SSSR count). The number of hydrogen-bond acceptors (Lipinski definition) is 3. The van der Waals surface area contributed by atoms with Gasteiger partial charge in [-0.1, -0.05) is 0 Å². The molecule has 0 spiro atoms. The van der Waals surface area contributed by atoms with Gasteiger partial charge in [0.05, 0.1) is 10.5 Å². The minimum Gasteiger partial charge on any atom is -0.323 e. The van der Waals surface area contributed by atoms with Gasteiger partial charge in [0.2, 0.25) is 5.82 Å². The standard InChI is InChI=1S/C11H3F5N2O3/c12-6-5(7(13)9(15)10(16)8(6)14)3-1-4(18(20)21)11(19)17-2-3/h1-2H,(H,17,19). The first-order valence-corrected chi connectivity index (χ1v) is 5.14. The molecule has 0 aliphatic carbocycles. The van der Waals surface area contributed by atoms with E-state index in [0.29, 0.717) is 12.3 Å². The summed E-state index contributed by atoms with van der Waals surface area (Å²) in [5.74, 6) is -11.1. The molecular weight excluding hydrogens is 303 g/mol. The third-order valence-electron chi connectivity index (χ3n) is 2.58. The molecule has 0 saturated carbocycles. The third-order valence-corrected chi connectivity index (χ3v) is 2.58. The summed E-state index contributed by atoms with van der Waals surface area (Å²) in [5.41, 5.74) is -4.39. The van der Waals surface area contributed by atoms with Crippen LogP contribution in [0.1, 0.15) is 0 Å². The molecule has 0 aliphatic heterocycles. The fourth-order valence-electron chi connectivity index (χ4n) is 1.61. The zero-order valence-corrected chi connectivity index (χ0v) is 9.72. The maximum Gasteiger partial charge on any atom is 0.334 e. The molecule has 0 radical (unpaired) electrons. The highest BCUT2D eigenvalue weighted by Gasteiger charge is 2.28. The van der Waals surface area contributed by atoms with Gasteiger partial charge in [-0.3, -0.25) is 14.9 Å². The molecule has 2 aromatic rings. The third kappa shape index (κ3) is 2.24. The Labute approximate surface area is 111 Å². The van der Waals surface area contributed by atoms with E-state index in [9.17, 15) is 36.9 Å². The van der Waals surface area contributed by atoms with E-state index in [2.05, 4.69) is 0 Å². The van der Waals surface area contributed by atoms with Crippen molar-refractivity contribution in [1.29, 1.82) is 0 Å². The van der Waals surface area contributed by atoms with Crippen LogP contribution in [0.4, 0.5) is 27.6 Å². The molecule has 1 aromatic heterocycles. The highest BCUT2D eigenvalue weighted by atomic mass is 19.2. The second-order valence-electron chi connectivity index (χ2n) is 3.80. The largest absolute Gasteiger partial charge is 0.334 e. The van der Waals surface area contributed by atoms with Crippen molar-refractivity contribution in [2.45, 2.75) is 0 Å². The minimum absolute atomic E-state index is 0.414. The van der Waals surface area contributed by atoms with Crippen LogP contribution >= 0.6 is 0 Å². The summed E-state index contributed by atoms with van der Waals surface area (Å²) >= 11 is 0. The van der Waals surface area contributed by atoms with Gasteiger partial charge in [-0.2, -0.15) is 0 Å². The fourth-order valence-corrected chi connectivity index (χ4v) is 1.61. The lowest BCUT2D eigenvalue weighted by Gasteiger charge is -2.07. The number of rotatable bonds is 2. The first kappa shape index (κ1) is 14.6. The smallest absolute Gasteiger partial charge is 0.323 e. The monoisotopic (exact) mass is 306 g/mol. The van der Waals surface area contributed by atoms with Crippen LogP contribution in [0.15, 0.2) is 17.1 Å². The summed E-state index contributed by atoms with van der Waals surface area (Å²) in [4.78, 5) is 22.3. The molecule has 0 bridgehead atoms. The first-order chi connectivity index (χ1) is 9.75. The van der Waals surface area contributed by atoms with Crippen LogP contribution in [-0.2, 0) is 0 Å². The Morgan fingerprint density at radius 2 is 1.43 bits per heavy atom. The molecule has 10 heteroatoms. The van der Waals surface area contributed by atoms with Crippen LogP contribution in [0.2, 0.25) is 0 Å². The summed E-state index contributed by atoms with van der Waals surface area (Å²) < 4.78 is 66.1. The Balaban J connectivity index is 2.83. The highest BCUT2D eigenvalue weighted by Crippen LogP contribution is 2.31. The molecular formula is C11H3F5N2O3. The van der Waals surface area contributed by atoms with Gasteiger partial charge in [-0.15, -0.1) is 0 Å². The Bertz CT molecular complexity index is 789. The van der Waals surface area contributed by atoms with E-state index in [1.165, 1.54) is 0 Å². The lowest BCUT2D eigenvalue weighted by Crippen LogP contribution is -2.12. The van der Waals surface area contributed by atoms with Crippen LogP contribution in [-0.4, -0.2) is 9.91 Å². The van der Waals surface area contributed by atoms with E-state index >= 15 is 0 Å². The average Bonchev–Trinajstić information content (AvgIpc) is 2.44. The first-order valence-electron chi connectivity index (χ1n) is 5.14. The number of pyridine rings is 1. The lowest BCUT2D eigenvalue weighted by molar-refractivity contribution is -0.386. The van der Waals surface area contributed by atoms with Gasteiger partial charge in [0.25, 0.3) is 0 Å². The van der Waals surface area contributed by atoms with Crippen molar-refractivity contribution >= 4 is 5.69 Å². The predicted molar refractivity (Wildman–Crippen MR) is 58.9 cm³/mol. The lowest BCUT2D eigenvalue weighted by atomic mass is 10.0. The van der Waals surface area contributed by atoms with Gasteiger partial charge < -0.3 is 4.98 Å². The van der Waals surface area contributed by atoms with Gasteiger partial charge in [0.1, 0.15) is 0 Å². The van der Waals surface area contributed by atoms with Crippen molar-refractivity contribution in [1.82, 2.24) is 4.98 Å². The Kier molecular flexibility index (Phi) is 3.45. The zero-order valence-electron chi connectivity index (χ0n) is 9.72. The Hall–Kier alpha value is -2.78. The molecule has 110 valence electrons. The second-order valence-corrected chi connectivity index (χ2v) is 3.80. The summed E-state index contributed by atoms with van der Waals surface area (Å²) in [6, 6.07) is 0.414. The minimum atomic E-state index is -2.35. The van der Waals surface area contributed by atoms with Gasteiger partial charge >= 0.3 is 11.2 Å². The molecule has 0 atom stereocenters. The van der Waals surface area contributed by atoms with Crippen LogP contribution in [0.5, 0.6) is 0 Å². The molecule has 0 fully saturated rings. The number of aromatic amines is 1. The summed E-state index contributed by atoms with van der Waals surface area (Å²) in [6.45, 7) is 0. The molecule has 21 heavy (non-hydrogen) atoms. The highest BCUT2D eigenvalue weighted by molar-refractivity contribution is 5.66.